The fourth-order valence-corrected chi connectivity index (χ4v) is 1.48. The molecule has 15 heavy (non-hydrogen) atoms. The van der Waals surface area contributed by atoms with Crippen molar-refractivity contribution in [2.75, 3.05) is 5.73 Å². The van der Waals surface area contributed by atoms with Crippen LogP contribution in [0.5, 0.6) is 5.75 Å². The standard InChI is InChI=1S/C12H12N2O/c1-8-12(6-11(15)7-14-8)9-2-4-10(13)5-3-9/h2-7,15H,13H2,1H3. The number of hydrogen-bond donors (Lipinski definition) is 2. The summed E-state index contributed by atoms with van der Waals surface area (Å²) >= 11 is 0. The van der Waals surface area contributed by atoms with Gasteiger partial charge in [-0.3, -0.25) is 4.98 Å². The number of nitrogens with two attached hydrogens (primary N) is 1. The molecule has 0 radical (unpaired) electrons. The summed E-state index contributed by atoms with van der Waals surface area (Å²) in [6, 6.07) is 9.20. The maximum absolute atomic E-state index is 9.37. The number of aromatic nitrogens is 1. The molecule has 0 fully saturated rings. The SMILES string of the molecule is Cc1ncc(O)cc1-c1ccc(N)cc1. The number of hydrogen-bond acceptors (Lipinski definition) is 3. The van der Waals surface area contributed by atoms with Crippen molar-refractivity contribution in [3.8, 4) is 16.9 Å². The fraction of sp³-hybridized carbons (Fsp3) is 0.0833. The van der Waals surface area contributed by atoms with Crippen LogP contribution in [0.15, 0.2) is 36.5 Å². The Kier molecular flexibility index (Phi) is 2.29. The summed E-state index contributed by atoms with van der Waals surface area (Å²) in [5.41, 5.74) is 9.15. The summed E-state index contributed by atoms with van der Waals surface area (Å²) in [7, 11) is 0. The summed E-state index contributed by atoms with van der Waals surface area (Å²) in [4.78, 5) is 4.10. The van der Waals surface area contributed by atoms with E-state index in [2.05, 4.69) is 4.98 Å². The molecule has 0 aliphatic carbocycles. The number of aromatic hydroxyl groups is 1. The van der Waals surface area contributed by atoms with Crippen LogP contribution in [-0.4, -0.2) is 10.1 Å². The van der Waals surface area contributed by atoms with Crippen LogP contribution < -0.4 is 5.73 Å². The third-order valence-corrected chi connectivity index (χ3v) is 2.29. The van der Waals surface area contributed by atoms with E-state index in [4.69, 9.17) is 5.73 Å². The van der Waals surface area contributed by atoms with Gasteiger partial charge >= 0.3 is 0 Å². The molecular formula is C12H12N2O. The Morgan fingerprint density at radius 1 is 1.20 bits per heavy atom. The molecule has 0 atom stereocenters. The summed E-state index contributed by atoms with van der Waals surface area (Å²) in [5, 5.41) is 9.37. The zero-order valence-electron chi connectivity index (χ0n) is 8.44. The van der Waals surface area contributed by atoms with E-state index < -0.39 is 0 Å². The Labute approximate surface area is 88.2 Å². The summed E-state index contributed by atoms with van der Waals surface area (Å²) in [6.07, 6.45) is 1.44. The topological polar surface area (TPSA) is 59.1 Å². The number of rotatable bonds is 1. The predicted octanol–water partition coefficient (Wildman–Crippen LogP) is 2.34. The zero-order valence-corrected chi connectivity index (χ0v) is 8.44. The monoisotopic (exact) mass is 200 g/mol. The second-order valence-corrected chi connectivity index (χ2v) is 3.45. The van der Waals surface area contributed by atoms with Gasteiger partial charge in [-0.25, -0.2) is 0 Å². The molecule has 1 aromatic heterocycles. The van der Waals surface area contributed by atoms with Gasteiger partial charge in [0.25, 0.3) is 0 Å². The Morgan fingerprint density at radius 2 is 1.87 bits per heavy atom. The van der Waals surface area contributed by atoms with E-state index in [-0.39, 0.29) is 5.75 Å². The van der Waals surface area contributed by atoms with Gasteiger partial charge in [-0.1, -0.05) is 12.1 Å². The normalized spacial score (nSPS) is 10.2. The first kappa shape index (κ1) is 9.52. The Hall–Kier alpha value is -2.03. The van der Waals surface area contributed by atoms with Crippen molar-refractivity contribution in [2.45, 2.75) is 6.92 Å². The molecule has 76 valence electrons. The van der Waals surface area contributed by atoms with Gasteiger partial charge in [0.1, 0.15) is 5.75 Å². The molecule has 0 saturated carbocycles. The van der Waals surface area contributed by atoms with Gasteiger partial charge in [0.15, 0.2) is 0 Å². The molecule has 2 rings (SSSR count). The van der Waals surface area contributed by atoms with Gasteiger partial charge in [-0.05, 0) is 30.7 Å². The molecule has 0 spiro atoms. The molecule has 3 N–H and O–H groups in total. The highest BCUT2D eigenvalue weighted by Gasteiger charge is 2.03. The van der Waals surface area contributed by atoms with Crippen LogP contribution in [0.2, 0.25) is 0 Å². The number of anilines is 1. The van der Waals surface area contributed by atoms with Crippen LogP contribution in [-0.2, 0) is 0 Å². The Morgan fingerprint density at radius 3 is 2.53 bits per heavy atom. The van der Waals surface area contributed by atoms with Crippen molar-refractivity contribution in [1.29, 1.82) is 0 Å². The van der Waals surface area contributed by atoms with E-state index in [9.17, 15) is 5.11 Å². The Bertz CT molecular complexity index is 477. The number of benzene rings is 1. The minimum absolute atomic E-state index is 0.174. The number of nitrogens with zero attached hydrogens (tertiary/aromatic N) is 1. The van der Waals surface area contributed by atoms with Crippen LogP contribution in [0.1, 0.15) is 5.69 Å². The first-order valence-corrected chi connectivity index (χ1v) is 4.68. The minimum Gasteiger partial charge on any atom is -0.506 e. The van der Waals surface area contributed by atoms with Crippen molar-refractivity contribution >= 4 is 5.69 Å². The largest absolute Gasteiger partial charge is 0.506 e. The summed E-state index contributed by atoms with van der Waals surface area (Å²) in [6.45, 7) is 1.91. The quantitative estimate of drug-likeness (QED) is 0.694. The van der Waals surface area contributed by atoms with Crippen LogP contribution in [0, 0.1) is 6.92 Å². The van der Waals surface area contributed by atoms with Crippen LogP contribution in [0.3, 0.4) is 0 Å². The van der Waals surface area contributed by atoms with Crippen molar-refractivity contribution in [1.82, 2.24) is 4.98 Å². The molecule has 1 aromatic carbocycles. The van der Waals surface area contributed by atoms with Gasteiger partial charge in [0, 0.05) is 16.9 Å². The highest BCUT2D eigenvalue weighted by atomic mass is 16.3. The predicted molar refractivity (Wildman–Crippen MR) is 60.5 cm³/mol. The first-order valence-electron chi connectivity index (χ1n) is 4.68. The lowest BCUT2D eigenvalue weighted by molar-refractivity contribution is 0.472. The van der Waals surface area contributed by atoms with Gasteiger partial charge in [0.2, 0.25) is 0 Å². The maximum atomic E-state index is 9.37. The van der Waals surface area contributed by atoms with Crippen LogP contribution in [0.4, 0.5) is 5.69 Å². The lowest BCUT2D eigenvalue weighted by Crippen LogP contribution is -1.88. The van der Waals surface area contributed by atoms with E-state index in [0.717, 1.165) is 22.5 Å². The van der Waals surface area contributed by atoms with Gasteiger partial charge in [-0.2, -0.15) is 0 Å². The highest BCUT2D eigenvalue weighted by Crippen LogP contribution is 2.25. The highest BCUT2D eigenvalue weighted by molar-refractivity contribution is 5.68. The lowest BCUT2D eigenvalue weighted by atomic mass is 10.0. The van der Waals surface area contributed by atoms with Crippen molar-refractivity contribution in [3.05, 3.63) is 42.2 Å². The Balaban J connectivity index is 2.53. The molecular weight excluding hydrogens is 188 g/mol. The van der Waals surface area contributed by atoms with Crippen molar-refractivity contribution in [3.63, 3.8) is 0 Å². The van der Waals surface area contributed by atoms with E-state index in [1.54, 1.807) is 6.07 Å². The fourth-order valence-electron chi connectivity index (χ4n) is 1.48. The third-order valence-electron chi connectivity index (χ3n) is 2.29. The second-order valence-electron chi connectivity index (χ2n) is 3.45. The third kappa shape index (κ3) is 1.91. The molecule has 0 aliphatic heterocycles. The molecule has 0 unspecified atom stereocenters. The van der Waals surface area contributed by atoms with E-state index in [0.29, 0.717) is 0 Å². The molecule has 0 bridgehead atoms. The minimum atomic E-state index is 0.174. The number of pyridine rings is 1. The number of aryl methyl sites for hydroxylation is 1. The first-order chi connectivity index (χ1) is 7.16. The lowest BCUT2D eigenvalue weighted by Gasteiger charge is -2.05. The van der Waals surface area contributed by atoms with Crippen molar-refractivity contribution in [2.24, 2.45) is 0 Å². The second kappa shape index (κ2) is 3.61. The molecule has 0 aliphatic rings. The van der Waals surface area contributed by atoms with Gasteiger partial charge in [-0.15, -0.1) is 0 Å². The average molecular weight is 200 g/mol. The number of nitrogen functional groups attached to an aromatic ring is 1. The zero-order chi connectivity index (χ0) is 10.8. The average Bonchev–Trinajstić information content (AvgIpc) is 2.23. The molecule has 2 aromatic rings. The summed E-state index contributed by atoms with van der Waals surface area (Å²) < 4.78 is 0. The van der Waals surface area contributed by atoms with Gasteiger partial charge in [0.05, 0.1) is 6.20 Å². The van der Waals surface area contributed by atoms with Gasteiger partial charge < -0.3 is 10.8 Å². The van der Waals surface area contributed by atoms with E-state index in [1.165, 1.54) is 6.20 Å². The van der Waals surface area contributed by atoms with Crippen LogP contribution >= 0.6 is 0 Å². The smallest absolute Gasteiger partial charge is 0.134 e. The molecule has 1 heterocycles. The van der Waals surface area contributed by atoms with E-state index in [1.807, 2.05) is 31.2 Å². The molecule has 3 heteroatoms. The summed E-state index contributed by atoms with van der Waals surface area (Å²) in [5.74, 6) is 0.174. The molecule has 3 nitrogen and oxygen atoms in total. The van der Waals surface area contributed by atoms with E-state index >= 15 is 0 Å². The molecule has 0 amide bonds. The maximum Gasteiger partial charge on any atom is 0.134 e. The molecule has 0 saturated heterocycles. The van der Waals surface area contributed by atoms with Crippen molar-refractivity contribution < 1.29 is 5.11 Å². The van der Waals surface area contributed by atoms with Crippen LogP contribution in [0.25, 0.3) is 11.1 Å².